The van der Waals surface area contributed by atoms with Gasteiger partial charge >= 0.3 is 12.1 Å². The molecule has 2 aliphatic rings. The molecule has 2 fully saturated rings. The number of hydrogen-bond acceptors (Lipinski definition) is 7. The van der Waals surface area contributed by atoms with Gasteiger partial charge < -0.3 is 19.5 Å². The number of alkyl halides is 3. The number of carbonyl (C=O) groups is 2. The van der Waals surface area contributed by atoms with Gasteiger partial charge in [0.15, 0.2) is 5.82 Å². The predicted octanol–water partition coefficient (Wildman–Crippen LogP) is 2.09. The molecule has 4 rings (SSSR count). The van der Waals surface area contributed by atoms with E-state index in [0.717, 1.165) is 6.42 Å². The average molecular weight is 458 g/mol. The smallest absolute Gasteiger partial charge is 0.475 e. The molecule has 3 atom stereocenters. The topological polar surface area (TPSA) is 115 Å². The standard InChI is InChI=1S/C17H17FN4O3.C2HF3O2/c18-12-2-1-6-19-16(12)25-14-4-3-13-15(14)24-9-8-22(13)17(23)11-5-7-20-21-10-11;3-2(4,5)1(6)7/h1-2,5-7,10,13-15H,3-4,8-9H2;(H,6,7)/t13-,14+,15+;/m0./s1. The van der Waals surface area contributed by atoms with Gasteiger partial charge in [-0.05, 0) is 31.0 Å². The maximum absolute atomic E-state index is 13.8. The first-order valence-corrected chi connectivity index (χ1v) is 9.45. The molecule has 1 saturated heterocycles. The summed E-state index contributed by atoms with van der Waals surface area (Å²) in [6, 6.07) is 4.36. The molecule has 0 radical (unpaired) electrons. The molecule has 2 aromatic rings. The third-order valence-corrected chi connectivity index (χ3v) is 4.86. The molecule has 1 saturated carbocycles. The highest BCUT2D eigenvalue weighted by Gasteiger charge is 2.46. The van der Waals surface area contributed by atoms with Gasteiger partial charge in [-0.3, -0.25) is 4.79 Å². The third-order valence-electron chi connectivity index (χ3n) is 4.86. The normalized spacial score (nSPS) is 22.4. The van der Waals surface area contributed by atoms with Gasteiger partial charge in [0.1, 0.15) is 12.2 Å². The number of morpholine rings is 1. The first kappa shape index (κ1) is 23.3. The average Bonchev–Trinajstić information content (AvgIpc) is 3.18. The van der Waals surface area contributed by atoms with Crippen LogP contribution in [0.25, 0.3) is 0 Å². The van der Waals surface area contributed by atoms with Crippen molar-refractivity contribution >= 4 is 11.9 Å². The van der Waals surface area contributed by atoms with Gasteiger partial charge in [-0.25, -0.2) is 14.2 Å². The van der Waals surface area contributed by atoms with E-state index in [1.807, 2.05) is 0 Å². The van der Waals surface area contributed by atoms with Crippen LogP contribution in [0, 0.1) is 5.82 Å². The molecule has 1 N–H and O–H groups in total. The number of carbonyl (C=O) groups excluding carboxylic acids is 1. The molecule has 13 heteroatoms. The number of nitrogens with zero attached hydrogens (tertiary/aromatic N) is 4. The quantitative estimate of drug-likeness (QED) is 0.696. The number of carboxylic acid groups (broad SMARTS) is 1. The van der Waals surface area contributed by atoms with Crippen LogP contribution in [0.3, 0.4) is 0 Å². The van der Waals surface area contributed by atoms with Crippen molar-refractivity contribution in [2.45, 2.75) is 37.3 Å². The summed E-state index contributed by atoms with van der Waals surface area (Å²) < 4.78 is 57.1. The van der Waals surface area contributed by atoms with Crippen LogP contribution in [0.4, 0.5) is 17.6 Å². The monoisotopic (exact) mass is 458 g/mol. The summed E-state index contributed by atoms with van der Waals surface area (Å²) in [5, 5.41) is 14.6. The highest BCUT2D eigenvalue weighted by molar-refractivity contribution is 5.94. The third kappa shape index (κ3) is 5.46. The number of carboxylic acids is 1. The van der Waals surface area contributed by atoms with E-state index in [9.17, 15) is 22.4 Å². The van der Waals surface area contributed by atoms with Gasteiger partial charge in [0, 0.05) is 12.7 Å². The van der Waals surface area contributed by atoms with Crippen LogP contribution >= 0.6 is 0 Å². The lowest BCUT2D eigenvalue weighted by molar-refractivity contribution is -0.192. The molecule has 0 bridgehead atoms. The number of pyridine rings is 1. The van der Waals surface area contributed by atoms with E-state index >= 15 is 0 Å². The number of ether oxygens (including phenoxy) is 2. The van der Waals surface area contributed by atoms with Crippen molar-refractivity contribution in [3.05, 3.63) is 48.2 Å². The predicted molar refractivity (Wildman–Crippen MR) is 98.1 cm³/mol. The molecule has 32 heavy (non-hydrogen) atoms. The summed E-state index contributed by atoms with van der Waals surface area (Å²) in [5.41, 5.74) is 0.496. The fraction of sp³-hybridized carbons (Fsp3) is 0.421. The lowest BCUT2D eigenvalue weighted by Gasteiger charge is -2.38. The fourth-order valence-corrected chi connectivity index (χ4v) is 3.48. The molecule has 1 aliphatic carbocycles. The molecule has 1 amide bonds. The lowest BCUT2D eigenvalue weighted by Crippen LogP contribution is -2.54. The van der Waals surface area contributed by atoms with Gasteiger partial charge in [-0.1, -0.05) is 0 Å². The number of amides is 1. The minimum atomic E-state index is -5.08. The van der Waals surface area contributed by atoms with Crippen LogP contribution in [0.15, 0.2) is 36.8 Å². The number of halogens is 4. The summed E-state index contributed by atoms with van der Waals surface area (Å²) in [4.78, 5) is 27.4. The van der Waals surface area contributed by atoms with Crippen molar-refractivity contribution in [2.24, 2.45) is 0 Å². The number of aromatic nitrogens is 3. The van der Waals surface area contributed by atoms with Crippen LogP contribution in [0.1, 0.15) is 23.2 Å². The van der Waals surface area contributed by atoms with Gasteiger partial charge in [-0.15, -0.1) is 0 Å². The minimum Gasteiger partial charge on any atom is -0.475 e. The maximum atomic E-state index is 13.8. The molecule has 3 heterocycles. The van der Waals surface area contributed by atoms with E-state index in [0.29, 0.717) is 25.1 Å². The van der Waals surface area contributed by atoms with E-state index in [1.165, 1.54) is 30.7 Å². The fourth-order valence-electron chi connectivity index (χ4n) is 3.48. The number of fused-ring (bicyclic) bond motifs is 1. The van der Waals surface area contributed by atoms with Gasteiger partial charge in [-0.2, -0.15) is 23.4 Å². The number of hydrogen-bond donors (Lipinski definition) is 1. The number of aliphatic carboxylic acids is 1. The van der Waals surface area contributed by atoms with E-state index in [4.69, 9.17) is 19.4 Å². The Bertz CT molecular complexity index is 947. The molecule has 9 nitrogen and oxygen atoms in total. The maximum Gasteiger partial charge on any atom is 0.490 e. The van der Waals surface area contributed by atoms with Crippen LogP contribution in [0.5, 0.6) is 5.88 Å². The van der Waals surface area contributed by atoms with Crippen molar-refractivity contribution < 1.29 is 41.7 Å². The highest BCUT2D eigenvalue weighted by Crippen LogP contribution is 2.33. The molecule has 172 valence electrons. The SMILES string of the molecule is O=C(O)C(F)(F)F.O=C(c1ccnnc1)N1CCO[C@H]2[C@H](Oc3ncccc3F)CC[C@@H]21. The van der Waals surface area contributed by atoms with Crippen LogP contribution in [0.2, 0.25) is 0 Å². The first-order valence-electron chi connectivity index (χ1n) is 9.45. The summed E-state index contributed by atoms with van der Waals surface area (Å²) in [6.45, 7) is 0.920. The summed E-state index contributed by atoms with van der Waals surface area (Å²) in [6.07, 6.45) is 0.125. The first-order chi connectivity index (χ1) is 15.2. The second-order valence-corrected chi connectivity index (χ2v) is 6.86. The minimum absolute atomic E-state index is 0.0291. The Morgan fingerprint density at radius 2 is 1.94 bits per heavy atom. The second-order valence-electron chi connectivity index (χ2n) is 6.86. The van der Waals surface area contributed by atoms with Gasteiger partial charge in [0.05, 0.1) is 30.6 Å². The van der Waals surface area contributed by atoms with Gasteiger partial charge in [0.25, 0.3) is 11.8 Å². The Hall–Kier alpha value is -3.35. The van der Waals surface area contributed by atoms with E-state index in [1.54, 1.807) is 11.0 Å². The van der Waals surface area contributed by atoms with Crippen molar-refractivity contribution in [1.29, 1.82) is 0 Å². The Balaban J connectivity index is 0.000000360. The number of rotatable bonds is 3. The lowest BCUT2D eigenvalue weighted by atomic mass is 10.1. The summed E-state index contributed by atoms with van der Waals surface area (Å²) in [7, 11) is 0. The molecule has 0 unspecified atom stereocenters. The summed E-state index contributed by atoms with van der Waals surface area (Å²) in [5.74, 6) is -3.39. The van der Waals surface area contributed by atoms with Crippen molar-refractivity contribution in [3.63, 3.8) is 0 Å². The summed E-state index contributed by atoms with van der Waals surface area (Å²) >= 11 is 0. The van der Waals surface area contributed by atoms with E-state index < -0.39 is 18.0 Å². The second kappa shape index (κ2) is 9.85. The molecule has 0 spiro atoms. The molecule has 1 aliphatic heterocycles. The zero-order valence-corrected chi connectivity index (χ0v) is 16.4. The Morgan fingerprint density at radius 1 is 1.19 bits per heavy atom. The van der Waals surface area contributed by atoms with Crippen molar-refractivity contribution in [3.8, 4) is 5.88 Å². The van der Waals surface area contributed by atoms with Crippen LogP contribution in [-0.4, -0.2) is 74.6 Å². The van der Waals surface area contributed by atoms with Gasteiger partial charge in [0.2, 0.25) is 0 Å². The van der Waals surface area contributed by atoms with Crippen molar-refractivity contribution in [1.82, 2.24) is 20.1 Å². The molecular formula is C19H18F4N4O5. The van der Waals surface area contributed by atoms with E-state index in [2.05, 4.69) is 15.2 Å². The van der Waals surface area contributed by atoms with Crippen LogP contribution in [-0.2, 0) is 9.53 Å². The largest absolute Gasteiger partial charge is 0.490 e. The molecular weight excluding hydrogens is 440 g/mol. The Morgan fingerprint density at radius 3 is 2.56 bits per heavy atom. The Kier molecular flexibility index (Phi) is 7.18. The van der Waals surface area contributed by atoms with E-state index in [-0.39, 0.29) is 30.0 Å². The zero-order valence-electron chi connectivity index (χ0n) is 16.4. The molecule has 2 aromatic heterocycles. The zero-order chi connectivity index (χ0) is 23.3. The highest BCUT2D eigenvalue weighted by atomic mass is 19.4. The molecule has 0 aromatic carbocycles. The van der Waals surface area contributed by atoms with Crippen LogP contribution < -0.4 is 4.74 Å². The Labute approximate surface area is 179 Å². The van der Waals surface area contributed by atoms with Crippen molar-refractivity contribution in [2.75, 3.05) is 13.2 Å².